The highest BCUT2D eigenvalue weighted by atomic mass is 32.1. The molecule has 11 heteroatoms. The molecule has 0 spiro atoms. The van der Waals surface area contributed by atoms with Crippen molar-refractivity contribution in [1.82, 2.24) is 4.90 Å². The number of carbonyl (C=O) groups excluding carboxylic acids is 1. The van der Waals surface area contributed by atoms with Gasteiger partial charge in [-0.15, -0.1) is 11.3 Å². The van der Waals surface area contributed by atoms with Crippen LogP contribution in [-0.2, 0) is 0 Å². The SMILES string of the molecule is CC(C)(O)CNc1c(N)cc(-c2sc(C(=O)N3CCCC(N)C3)cc2-c2ccc(C#N)c(F)c2)c(F)c1F. The number of halogens is 3. The molecule has 1 aliphatic rings. The van der Waals surface area contributed by atoms with Gasteiger partial charge in [-0.25, -0.2) is 13.2 Å². The molecule has 1 aliphatic heterocycles. The van der Waals surface area contributed by atoms with Gasteiger partial charge in [-0.2, -0.15) is 5.26 Å². The first-order valence-corrected chi connectivity index (χ1v) is 12.8. The summed E-state index contributed by atoms with van der Waals surface area (Å²) in [5.41, 5.74) is 10.7. The largest absolute Gasteiger partial charge is 0.397 e. The van der Waals surface area contributed by atoms with Crippen molar-refractivity contribution in [3.63, 3.8) is 0 Å². The number of thiophene rings is 1. The minimum atomic E-state index is -1.25. The smallest absolute Gasteiger partial charge is 0.264 e. The van der Waals surface area contributed by atoms with Crippen LogP contribution in [0.5, 0.6) is 0 Å². The number of nitrogen functional groups attached to an aromatic ring is 1. The van der Waals surface area contributed by atoms with E-state index in [1.165, 1.54) is 38.1 Å². The molecule has 2 heterocycles. The Morgan fingerprint density at radius 3 is 2.61 bits per heavy atom. The number of piperidine rings is 1. The van der Waals surface area contributed by atoms with Crippen molar-refractivity contribution in [3.05, 3.63) is 58.2 Å². The maximum absolute atomic E-state index is 15.5. The Balaban J connectivity index is 1.84. The summed E-state index contributed by atoms with van der Waals surface area (Å²) in [6.07, 6.45) is 1.54. The van der Waals surface area contributed by atoms with Gasteiger partial charge in [-0.05, 0) is 56.5 Å². The van der Waals surface area contributed by atoms with Gasteiger partial charge in [-0.1, -0.05) is 6.07 Å². The Bertz CT molecular complexity index is 1430. The molecule has 1 saturated heterocycles. The van der Waals surface area contributed by atoms with Crippen LogP contribution in [-0.4, -0.2) is 47.2 Å². The molecule has 200 valence electrons. The van der Waals surface area contributed by atoms with Gasteiger partial charge >= 0.3 is 0 Å². The molecule has 1 unspecified atom stereocenters. The molecule has 1 fully saturated rings. The van der Waals surface area contributed by atoms with Crippen molar-refractivity contribution in [2.75, 3.05) is 30.7 Å². The summed E-state index contributed by atoms with van der Waals surface area (Å²) in [6.45, 7) is 3.79. The van der Waals surface area contributed by atoms with Gasteiger partial charge in [-0.3, -0.25) is 4.79 Å². The average molecular weight is 544 g/mol. The van der Waals surface area contributed by atoms with Gasteiger partial charge in [0.25, 0.3) is 5.91 Å². The van der Waals surface area contributed by atoms with Crippen molar-refractivity contribution in [3.8, 4) is 27.6 Å². The van der Waals surface area contributed by atoms with Crippen LogP contribution in [0.3, 0.4) is 0 Å². The summed E-state index contributed by atoms with van der Waals surface area (Å²) in [5, 5.41) is 21.7. The summed E-state index contributed by atoms with van der Waals surface area (Å²) < 4.78 is 45.2. The number of nitrogens with two attached hydrogens (primary N) is 2. The summed E-state index contributed by atoms with van der Waals surface area (Å²) in [4.78, 5) is 15.4. The van der Waals surface area contributed by atoms with Gasteiger partial charge in [0.05, 0.1) is 27.4 Å². The second-order valence-electron chi connectivity index (χ2n) is 10.00. The van der Waals surface area contributed by atoms with E-state index < -0.39 is 23.1 Å². The Labute approximate surface area is 222 Å². The van der Waals surface area contributed by atoms with Crippen molar-refractivity contribution in [2.45, 2.75) is 38.3 Å². The molecule has 0 bridgehead atoms. The van der Waals surface area contributed by atoms with E-state index in [4.69, 9.17) is 16.7 Å². The van der Waals surface area contributed by atoms with Gasteiger partial charge in [0, 0.05) is 41.7 Å². The van der Waals surface area contributed by atoms with Crippen LogP contribution in [0.4, 0.5) is 24.5 Å². The summed E-state index contributed by atoms with van der Waals surface area (Å²) in [6, 6.07) is 8.22. The minimum Gasteiger partial charge on any atom is -0.397 e. The number of carbonyl (C=O) groups is 1. The molecule has 0 saturated carbocycles. The molecule has 3 aromatic rings. The minimum absolute atomic E-state index is 0.0850. The number of hydrogen-bond acceptors (Lipinski definition) is 7. The Morgan fingerprint density at radius 2 is 1.97 bits per heavy atom. The molecular formula is C27H28F3N5O2S. The van der Waals surface area contributed by atoms with Gasteiger partial charge in [0.2, 0.25) is 0 Å². The zero-order chi connectivity index (χ0) is 27.8. The lowest BCUT2D eigenvalue weighted by atomic mass is 9.99. The standard InChI is InChI=1S/C27H28F3N5O2S/c1-27(2,37)13-34-24-20(33)9-18(22(29)23(24)30)25-17(14-5-6-15(11-31)19(28)8-14)10-21(38-25)26(36)35-7-3-4-16(32)12-35/h5-6,8-10,16,34,37H,3-4,7,12-13,32-33H2,1-2H3. The Hall–Kier alpha value is -3.59. The lowest BCUT2D eigenvalue weighted by Crippen LogP contribution is -2.45. The second-order valence-corrected chi connectivity index (χ2v) is 11.0. The molecular weight excluding hydrogens is 515 g/mol. The Kier molecular flexibility index (Phi) is 7.69. The number of anilines is 2. The number of aliphatic hydroxyl groups is 1. The quantitative estimate of drug-likeness (QED) is 0.334. The lowest BCUT2D eigenvalue weighted by molar-refractivity contribution is 0.0713. The van der Waals surface area contributed by atoms with Crippen LogP contribution >= 0.6 is 11.3 Å². The highest BCUT2D eigenvalue weighted by molar-refractivity contribution is 7.18. The molecule has 0 radical (unpaired) electrons. The van der Waals surface area contributed by atoms with Crippen LogP contribution in [0.2, 0.25) is 0 Å². The van der Waals surface area contributed by atoms with E-state index in [9.17, 15) is 14.3 Å². The molecule has 1 atom stereocenters. The maximum Gasteiger partial charge on any atom is 0.264 e. The van der Waals surface area contributed by atoms with Gasteiger partial charge < -0.3 is 26.8 Å². The fourth-order valence-corrected chi connectivity index (χ4v) is 5.49. The fourth-order valence-electron chi connectivity index (χ4n) is 4.33. The fraction of sp³-hybridized carbons (Fsp3) is 0.333. The van der Waals surface area contributed by atoms with Crippen molar-refractivity contribution in [2.24, 2.45) is 5.73 Å². The number of benzene rings is 2. The maximum atomic E-state index is 15.5. The average Bonchev–Trinajstić information content (AvgIpc) is 3.30. The van der Waals surface area contributed by atoms with E-state index in [0.29, 0.717) is 13.1 Å². The zero-order valence-corrected chi connectivity index (χ0v) is 21.8. The van der Waals surface area contributed by atoms with E-state index in [1.54, 1.807) is 11.0 Å². The molecule has 38 heavy (non-hydrogen) atoms. The number of nitrogens with zero attached hydrogens (tertiary/aromatic N) is 2. The summed E-state index contributed by atoms with van der Waals surface area (Å²) in [7, 11) is 0. The number of likely N-dealkylation sites (tertiary alicyclic amines) is 1. The lowest BCUT2D eigenvalue weighted by Gasteiger charge is -2.30. The van der Waals surface area contributed by atoms with E-state index in [1.807, 2.05) is 0 Å². The molecule has 7 nitrogen and oxygen atoms in total. The number of nitrogens with one attached hydrogen (secondary N) is 1. The van der Waals surface area contributed by atoms with E-state index in [2.05, 4.69) is 5.32 Å². The predicted molar refractivity (Wildman–Crippen MR) is 142 cm³/mol. The first kappa shape index (κ1) is 27.4. The van der Waals surface area contributed by atoms with E-state index in [0.717, 1.165) is 30.2 Å². The van der Waals surface area contributed by atoms with Crippen molar-refractivity contribution >= 4 is 28.6 Å². The molecule has 1 amide bonds. The first-order valence-electron chi connectivity index (χ1n) is 12.0. The first-order chi connectivity index (χ1) is 17.9. The zero-order valence-electron chi connectivity index (χ0n) is 20.9. The molecule has 6 N–H and O–H groups in total. The highest BCUT2D eigenvalue weighted by Gasteiger charge is 2.28. The highest BCUT2D eigenvalue weighted by Crippen LogP contribution is 2.44. The summed E-state index contributed by atoms with van der Waals surface area (Å²) >= 11 is 0.939. The van der Waals surface area contributed by atoms with E-state index >= 15 is 8.78 Å². The third-order valence-corrected chi connectivity index (χ3v) is 7.42. The number of nitriles is 1. The number of hydrogen-bond donors (Lipinski definition) is 4. The molecule has 1 aromatic heterocycles. The van der Waals surface area contributed by atoms with Crippen LogP contribution < -0.4 is 16.8 Å². The van der Waals surface area contributed by atoms with Crippen molar-refractivity contribution in [1.29, 1.82) is 5.26 Å². The predicted octanol–water partition coefficient (Wildman–Crippen LogP) is 4.70. The van der Waals surface area contributed by atoms with E-state index in [-0.39, 0.29) is 61.9 Å². The van der Waals surface area contributed by atoms with Crippen molar-refractivity contribution < 1.29 is 23.1 Å². The topological polar surface area (TPSA) is 128 Å². The van der Waals surface area contributed by atoms with Gasteiger partial charge in [0.1, 0.15) is 11.9 Å². The molecule has 2 aromatic carbocycles. The third-order valence-electron chi connectivity index (χ3n) is 6.27. The third kappa shape index (κ3) is 5.62. The second kappa shape index (κ2) is 10.6. The normalized spacial score (nSPS) is 15.8. The Morgan fingerprint density at radius 1 is 1.24 bits per heavy atom. The van der Waals surface area contributed by atoms with Crippen LogP contribution in [0.1, 0.15) is 41.9 Å². The number of amides is 1. The molecule has 4 rings (SSSR count). The van der Waals surface area contributed by atoms with Crippen LogP contribution in [0.25, 0.3) is 21.6 Å². The molecule has 0 aliphatic carbocycles. The van der Waals surface area contributed by atoms with Gasteiger partial charge in [0.15, 0.2) is 11.6 Å². The summed E-state index contributed by atoms with van der Waals surface area (Å²) in [5.74, 6) is -3.56. The monoisotopic (exact) mass is 543 g/mol. The van der Waals surface area contributed by atoms with Crippen LogP contribution in [0.15, 0.2) is 30.3 Å². The number of rotatable bonds is 6. The van der Waals surface area contributed by atoms with Crippen LogP contribution in [0, 0.1) is 28.8 Å².